The smallest absolute Gasteiger partial charge is 0.227 e. The molecule has 1 aromatic heterocycles. The number of aryl methyl sites for hydroxylation is 1. The number of hydrogen-bond acceptors (Lipinski definition) is 5. The predicted molar refractivity (Wildman–Crippen MR) is 65.9 cm³/mol. The van der Waals surface area contributed by atoms with E-state index in [0.29, 0.717) is 6.04 Å². The number of rotatable bonds is 5. The van der Waals surface area contributed by atoms with Crippen LogP contribution >= 0.6 is 0 Å². The summed E-state index contributed by atoms with van der Waals surface area (Å²) in [4.78, 5) is 6.69. The topological polar surface area (TPSA) is 54.2 Å². The molecule has 0 aromatic carbocycles. The summed E-state index contributed by atoms with van der Waals surface area (Å²) in [5.74, 6) is 1.46. The van der Waals surface area contributed by atoms with Gasteiger partial charge in [0.05, 0.1) is 0 Å². The molecule has 5 nitrogen and oxygen atoms in total. The van der Waals surface area contributed by atoms with Gasteiger partial charge in [0.25, 0.3) is 0 Å². The van der Waals surface area contributed by atoms with Gasteiger partial charge in [-0.2, -0.15) is 4.98 Å². The number of nitrogens with one attached hydrogen (secondary N) is 1. The van der Waals surface area contributed by atoms with Crippen LogP contribution in [0.1, 0.15) is 31.5 Å². The van der Waals surface area contributed by atoms with Gasteiger partial charge in [-0.15, -0.1) is 0 Å². The Morgan fingerprint density at radius 1 is 1.41 bits per heavy atom. The minimum atomic E-state index is 0.654. The first kappa shape index (κ1) is 12.5. The van der Waals surface area contributed by atoms with E-state index in [1.807, 2.05) is 6.92 Å². The first-order chi connectivity index (χ1) is 8.28. The quantitative estimate of drug-likeness (QED) is 0.829. The van der Waals surface area contributed by atoms with Gasteiger partial charge < -0.3 is 14.7 Å². The van der Waals surface area contributed by atoms with E-state index in [1.54, 1.807) is 0 Å². The molecule has 0 amide bonds. The number of likely N-dealkylation sites (tertiary alicyclic amines) is 1. The fraction of sp³-hybridized carbons (Fsp3) is 0.833. The monoisotopic (exact) mass is 238 g/mol. The number of piperidine rings is 1. The van der Waals surface area contributed by atoms with Gasteiger partial charge in [-0.3, -0.25) is 0 Å². The van der Waals surface area contributed by atoms with Crippen molar-refractivity contribution in [2.75, 3.05) is 26.2 Å². The van der Waals surface area contributed by atoms with E-state index in [1.165, 1.54) is 32.5 Å². The number of aromatic nitrogens is 2. The zero-order valence-corrected chi connectivity index (χ0v) is 10.8. The van der Waals surface area contributed by atoms with Crippen molar-refractivity contribution in [3.63, 3.8) is 0 Å². The highest BCUT2D eigenvalue weighted by Gasteiger charge is 2.17. The molecule has 1 aromatic rings. The van der Waals surface area contributed by atoms with Crippen molar-refractivity contribution in [3.05, 3.63) is 11.7 Å². The van der Waals surface area contributed by atoms with E-state index < -0.39 is 0 Å². The Bertz CT molecular complexity index is 331. The van der Waals surface area contributed by atoms with Crippen molar-refractivity contribution >= 4 is 0 Å². The maximum atomic E-state index is 5.08. The minimum absolute atomic E-state index is 0.654. The summed E-state index contributed by atoms with van der Waals surface area (Å²) >= 11 is 0. The third kappa shape index (κ3) is 3.78. The summed E-state index contributed by atoms with van der Waals surface area (Å²) in [6.07, 6.45) is 3.32. The van der Waals surface area contributed by atoms with Gasteiger partial charge in [0.2, 0.25) is 5.89 Å². The van der Waals surface area contributed by atoms with Crippen LogP contribution in [0.3, 0.4) is 0 Å². The van der Waals surface area contributed by atoms with Gasteiger partial charge in [-0.05, 0) is 39.4 Å². The molecular weight excluding hydrogens is 216 g/mol. The highest BCUT2D eigenvalue weighted by Crippen LogP contribution is 2.09. The summed E-state index contributed by atoms with van der Waals surface area (Å²) < 4.78 is 5.08. The summed E-state index contributed by atoms with van der Waals surface area (Å²) in [5, 5.41) is 7.35. The fourth-order valence-corrected chi connectivity index (χ4v) is 2.28. The van der Waals surface area contributed by atoms with Crippen LogP contribution in [0.5, 0.6) is 0 Å². The van der Waals surface area contributed by atoms with Gasteiger partial charge in [0.15, 0.2) is 5.82 Å². The molecule has 2 rings (SSSR count). The Balaban J connectivity index is 1.63. The second-order valence-electron chi connectivity index (χ2n) is 4.65. The third-order valence-corrected chi connectivity index (χ3v) is 3.38. The minimum Gasteiger partial charge on any atom is -0.339 e. The van der Waals surface area contributed by atoms with E-state index in [0.717, 1.165) is 24.7 Å². The lowest BCUT2D eigenvalue weighted by atomic mass is 10.1. The molecule has 0 radical (unpaired) electrons. The SMILES string of the molecule is CCN1CCC(NCCc2nc(C)no2)CC1. The van der Waals surface area contributed by atoms with E-state index in [9.17, 15) is 0 Å². The summed E-state index contributed by atoms with van der Waals surface area (Å²) in [6, 6.07) is 0.654. The molecule has 0 unspecified atom stereocenters. The first-order valence-corrected chi connectivity index (χ1v) is 6.53. The van der Waals surface area contributed by atoms with Crippen molar-refractivity contribution in [1.82, 2.24) is 20.4 Å². The van der Waals surface area contributed by atoms with Crippen LogP contribution < -0.4 is 5.32 Å². The summed E-state index contributed by atoms with van der Waals surface area (Å²) in [7, 11) is 0. The van der Waals surface area contributed by atoms with Crippen molar-refractivity contribution < 1.29 is 4.52 Å². The van der Waals surface area contributed by atoms with E-state index in [4.69, 9.17) is 4.52 Å². The van der Waals surface area contributed by atoms with Crippen molar-refractivity contribution in [2.45, 2.75) is 39.2 Å². The number of hydrogen-bond donors (Lipinski definition) is 1. The molecule has 0 spiro atoms. The van der Waals surface area contributed by atoms with Crippen molar-refractivity contribution in [2.24, 2.45) is 0 Å². The van der Waals surface area contributed by atoms with Gasteiger partial charge >= 0.3 is 0 Å². The molecule has 0 bridgehead atoms. The second kappa shape index (κ2) is 6.12. The standard InChI is InChI=1S/C12H22N4O/c1-3-16-8-5-11(6-9-16)13-7-4-12-14-10(2)15-17-12/h11,13H,3-9H2,1-2H3. The lowest BCUT2D eigenvalue weighted by molar-refractivity contribution is 0.206. The molecular formula is C12H22N4O. The molecule has 0 saturated carbocycles. The Kier molecular flexibility index (Phi) is 4.50. The zero-order valence-electron chi connectivity index (χ0n) is 10.8. The molecule has 1 aliphatic heterocycles. The normalized spacial score (nSPS) is 18.7. The van der Waals surface area contributed by atoms with Crippen LogP contribution in [-0.2, 0) is 6.42 Å². The maximum absolute atomic E-state index is 5.08. The molecule has 96 valence electrons. The molecule has 1 aliphatic rings. The predicted octanol–water partition coefficient (Wildman–Crippen LogP) is 0.994. The zero-order chi connectivity index (χ0) is 12.1. The summed E-state index contributed by atoms with van der Waals surface area (Å²) in [6.45, 7) is 8.61. The van der Waals surface area contributed by atoms with Crippen molar-refractivity contribution in [3.8, 4) is 0 Å². The largest absolute Gasteiger partial charge is 0.339 e. The number of nitrogens with zero attached hydrogens (tertiary/aromatic N) is 3. The van der Waals surface area contributed by atoms with E-state index in [-0.39, 0.29) is 0 Å². The Hall–Kier alpha value is -0.940. The highest BCUT2D eigenvalue weighted by molar-refractivity contribution is 4.84. The molecule has 1 fully saturated rings. The van der Waals surface area contributed by atoms with Crippen LogP contribution in [0.4, 0.5) is 0 Å². The van der Waals surface area contributed by atoms with Crippen LogP contribution in [0, 0.1) is 6.92 Å². The van der Waals surface area contributed by atoms with Gasteiger partial charge in [-0.1, -0.05) is 12.1 Å². The van der Waals surface area contributed by atoms with Crippen molar-refractivity contribution in [1.29, 1.82) is 0 Å². The molecule has 0 atom stereocenters. The molecule has 1 N–H and O–H groups in total. The van der Waals surface area contributed by atoms with E-state index >= 15 is 0 Å². The van der Waals surface area contributed by atoms with Gasteiger partial charge in [0, 0.05) is 19.0 Å². The third-order valence-electron chi connectivity index (χ3n) is 3.38. The van der Waals surface area contributed by atoms with E-state index in [2.05, 4.69) is 27.3 Å². The highest BCUT2D eigenvalue weighted by atomic mass is 16.5. The Morgan fingerprint density at radius 2 is 2.18 bits per heavy atom. The first-order valence-electron chi connectivity index (χ1n) is 6.53. The van der Waals surface area contributed by atoms with Crippen LogP contribution in [0.15, 0.2) is 4.52 Å². The Morgan fingerprint density at radius 3 is 2.76 bits per heavy atom. The fourth-order valence-electron chi connectivity index (χ4n) is 2.28. The van der Waals surface area contributed by atoms with Crippen LogP contribution in [0.2, 0.25) is 0 Å². The molecule has 5 heteroatoms. The average molecular weight is 238 g/mol. The van der Waals surface area contributed by atoms with Crippen LogP contribution in [-0.4, -0.2) is 47.3 Å². The lowest BCUT2D eigenvalue weighted by Gasteiger charge is -2.31. The lowest BCUT2D eigenvalue weighted by Crippen LogP contribution is -2.42. The van der Waals surface area contributed by atoms with Gasteiger partial charge in [-0.25, -0.2) is 0 Å². The Labute approximate surface area is 103 Å². The van der Waals surface area contributed by atoms with Gasteiger partial charge in [0.1, 0.15) is 0 Å². The maximum Gasteiger partial charge on any atom is 0.227 e. The average Bonchev–Trinajstić information content (AvgIpc) is 2.76. The molecule has 1 saturated heterocycles. The van der Waals surface area contributed by atoms with Crippen LogP contribution in [0.25, 0.3) is 0 Å². The molecule has 17 heavy (non-hydrogen) atoms. The molecule has 2 heterocycles. The molecule has 0 aliphatic carbocycles. The summed E-state index contributed by atoms with van der Waals surface area (Å²) in [5.41, 5.74) is 0. The second-order valence-corrected chi connectivity index (χ2v) is 4.65.